The van der Waals surface area contributed by atoms with Crippen molar-refractivity contribution in [2.45, 2.75) is 90.6 Å². The second-order valence-corrected chi connectivity index (χ2v) is 8.21. The Kier molecular flexibility index (Phi) is 10.0. The van der Waals surface area contributed by atoms with Gasteiger partial charge < -0.3 is 10.6 Å². The number of imide groups is 1. The molecule has 1 saturated heterocycles. The van der Waals surface area contributed by atoms with Crippen LogP contribution >= 0.6 is 0 Å². The molecule has 2 aliphatic heterocycles. The molecule has 0 bridgehead atoms. The molecule has 3 N–H and O–H groups in total. The van der Waals surface area contributed by atoms with Crippen LogP contribution in [0, 0.1) is 0 Å². The number of hydrogen-bond acceptors (Lipinski definition) is 4. The topological polar surface area (TPSA) is 92.5 Å². The van der Waals surface area contributed by atoms with Crippen molar-refractivity contribution in [2.24, 2.45) is 5.73 Å². The second kappa shape index (κ2) is 12.5. The highest BCUT2D eigenvalue weighted by atomic mass is 16.2. The summed E-state index contributed by atoms with van der Waals surface area (Å²) in [6, 6.07) is 5.33. The average Bonchev–Trinajstić information content (AvgIpc) is 3.05. The summed E-state index contributed by atoms with van der Waals surface area (Å²) in [5.41, 5.74) is 8.48. The Morgan fingerprint density at radius 3 is 2.37 bits per heavy atom. The van der Waals surface area contributed by atoms with Crippen molar-refractivity contribution >= 4 is 17.7 Å². The number of hydrogen-bond donors (Lipinski definition) is 2. The largest absolute Gasteiger partial charge is 0.330 e. The summed E-state index contributed by atoms with van der Waals surface area (Å²) in [6.45, 7) is 5.49. The van der Waals surface area contributed by atoms with Crippen LogP contribution in [0.5, 0.6) is 0 Å². The lowest BCUT2D eigenvalue weighted by Gasteiger charge is -2.29. The predicted molar refractivity (Wildman–Crippen MR) is 119 cm³/mol. The number of rotatable bonds is 9. The van der Waals surface area contributed by atoms with E-state index in [-0.39, 0.29) is 24.1 Å². The molecule has 3 rings (SSSR count). The zero-order chi connectivity index (χ0) is 21.9. The number of nitrogens with two attached hydrogens (primary N) is 1. The van der Waals surface area contributed by atoms with Gasteiger partial charge in [-0.15, -0.1) is 0 Å². The van der Waals surface area contributed by atoms with E-state index in [1.807, 2.05) is 12.1 Å². The smallest absolute Gasteiger partial charge is 0.255 e. The number of fused-ring (bicyclic) bond motifs is 1. The Labute approximate surface area is 180 Å². The molecule has 30 heavy (non-hydrogen) atoms. The van der Waals surface area contributed by atoms with Gasteiger partial charge in [-0.25, -0.2) is 0 Å². The van der Waals surface area contributed by atoms with Gasteiger partial charge in [-0.05, 0) is 49.4 Å². The molecule has 6 nitrogen and oxygen atoms in total. The van der Waals surface area contributed by atoms with Gasteiger partial charge in [0, 0.05) is 18.5 Å². The maximum absolute atomic E-state index is 12.8. The summed E-state index contributed by atoms with van der Waals surface area (Å²) < 4.78 is 0. The molecular weight excluding hydrogens is 378 g/mol. The Morgan fingerprint density at radius 2 is 1.70 bits per heavy atom. The van der Waals surface area contributed by atoms with Crippen molar-refractivity contribution in [3.8, 4) is 0 Å². The first-order valence-corrected chi connectivity index (χ1v) is 11.5. The average molecular weight is 416 g/mol. The lowest BCUT2D eigenvalue weighted by atomic mass is 9.98. The predicted octanol–water partition coefficient (Wildman–Crippen LogP) is 3.71. The van der Waals surface area contributed by atoms with E-state index in [9.17, 15) is 14.4 Å². The van der Waals surface area contributed by atoms with Crippen LogP contribution in [0.4, 0.5) is 0 Å². The van der Waals surface area contributed by atoms with Gasteiger partial charge in [0.25, 0.3) is 5.91 Å². The summed E-state index contributed by atoms with van der Waals surface area (Å²) in [5, 5.41) is 2.35. The minimum atomic E-state index is -0.544. The number of nitrogens with one attached hydrogen (secondary N) is 1. The number of piperidine rings is 1. The third kappa shape index (κ3) is 6.39. The maximum atomic E-state index is 12.8. The molecule has 1 unspecified atom stereocenters. The van der Waals surface area contributed by atoms with Crippen molar-refractivity contribution in [3.63, 3.8) is 0 Å². The van der Waals surface area contributed by atoms with E-state index >= 15 is 0 Å². The number of carbonyl (C=O) groups is 3. The quantitative estimate of drug-likeness (QED) is 0.475. The van der Waals surface area contributed by atoms with Crippen LogP contribution in [0.3, 0.4) is 0 Å². The van der Waals surface area contributed by atoms with Gasteiger partial charge in [0.15, 0.2) is 0 Å². The third-order valence-electron chi connectivity index (χ3n) is 5.58. The fourth-order valence-electron chi connectivity index (χ4n) is 4.05. The molecule has 1 atom stereocenters. The highest BCUT2D eigenvalue weighted by Crippen LogP contribution is 2.30. The summed E-state index contributed by atoms with van der Waals surface area (Å²) >= 11 is 0. The van der Waals surface area contributed by atoms with Crippen LogP contribution in [0.25, 0.3) is 0 Å². The monoisotopic (exact) mass is 415 g/mol. The number of carbonyl (C=O) groups excluding carboxylic acids is 3. The summed E-state index contributed by atoms with van der Waals surface area (Å²) in [5.74, 6) is -0.706. The highest BCUT2D eigenvalue weighted by molar-refractivity contribution is 6.05. The number of aryl methyl sites for hydroxylation is 1. The molecule has 1 aromatic carbocycles. The van der Waals surface area contributed by atoms with Crippen molar-refractivity contribution < 1.29 is 14.4 Å². The first-order chi connectivity index (χ1) is 14.5. The molecule has 2 aliphatic rings. The highest BCUT2D eigenvalue weighted by Gasteiger charge is 2.39. The van der Waals surface area contributed by atoms with Gasteiger partial charge in [-0.2, -0.15) is 0 Å². The minimum Gasteiger partial charge on any atom is -0.330 e. The van der Waals surface area contributed by atoms with Crippen LogP contribution in [0.1, 0.15) is 93.1 Å². The molecule has 0 aliphatic carbocycles. The molecule has 0 aromatic heterocycles. The number of benzene rings is 1. The third-order valence-corrected chi connectivity index (χ3v) is 5.58. The standard InChI is InChI=1S/C21H29N3O3.C3H8/c22-13-6-4-2-1-3-5-8-15-9-7-10-16-17(15)14-24(21(16)27)18-11-12-19(25)23-20(18)26;1-3-2/h7,9-10,18H,1-6,8,11-14,22H2,(H,23,25,26);3H2,1-2H3. The van der Waals surface area contributed by atoms with E-state index in [1.165, 1.54) is 37.7 Å². The first-order valence-electron chi connectivity index (χ1n) is 11.5. The fourth-order valence-corrected chi connectivity index (χ4v) is 4.05. The lowest BCUT2D eigenvalue weighted by Crippen LogP contribution is -2.52. The van der Waals surface area contributed by atoms with Crippen molar-refractivity contribution in [1.82, 2.24) is 10.2 Å². The van der Waals surface area contributed by atoms with E-state index in [1.54, 1.807) is 4.90 Å². The summed E-state index contributed by atoms with van der Waals surface area (Å²) in [4.78, 5) is 38.0. The number of nitrogens with zero attached hydrogens (tertiary/aromatic N) is 1. The van der Waals surface area contributed by atoms with Crippen molar-refractivity contribution in [3.05, 3.63) is 34.9 Å². The molecule has 3 amide bonds. The molecular formula is C24H37N3O3. The summed E-state index contributed by atoms with van der Waals surface area (Å²) in [7, 11) is 0. The summed E-state index contributed by atoms with van der Waals surface area (Å²) in [6.07, 6.45) is 9.93. The Morgan fingerprint density at radius 1 is 1.03 bits per heavy atom. The van der Waals surface area contributed by atoms with Gasteiger partial charge in [-0.1, -0.05) is 58.1 Å². The minimum absolute atomic E-state index is 0.0943. The fraction of sp³-hybridized carbons (Fsp3) is 0.625. The van der Waals surface area contributed by atoms with Crippen molar-refractivity contribution in [1.29, 1.82) is 0 Å². The molecule has 1 aromatic rings. The van der Waals surface area contributed by atoms with Crippen LogP contribution in [-0.4, -0.2) is 35.2 Å². The van der Waals surface area contributed by atoms with Crippen LogP contribution in [0.2, 0.25) is 0 Å². The number of amides is 3. The molecule has 166 valence electrons. The lowest BCUT2D eigenvalue weighted by molar-refractivity contribution is -0.136. The zero-order valence-electron chi connectivity index (χ0n) is 18.5. The zero-order valence-corrected chi connectivity index (χ0v) is 18.5. The van der Waals surface area contributed by atoms with E-state index in [4.69, 9.17) is 5.73 Å². The van der Waals surface area contributed by atoms with Crippen molar-refractivity contribution in [2.75, 3.05) is 6.54 Å². The first kappa shape index (κ1) is 24.1. The Bertz CT molecular complexity index is 732. The van der Waals surface area contributed by atoms with Gasteiger partial charge in [-0.3, -0.25) is 19.7 Å². The van der Waals surface area contributed by atoms with Crippen LogP contribution in [-0.2, 0) is 22.6 Å². The normalized spacial score (nSPS) is 18.0. The Hall–Kier alpha value is -2.21. The molecule has 6 heteroatoms. The van der Waals surface area contributed by atoms with Gasteiger partial charge in [0.2, 0.25) is 11.8 Å². The van der Waals surface area contributed by atoms with Crippen LogP contribution in [0.15, 0.2) is 18.2 Å². The van der Waals surface area contributed by atoms with E-state index in [2.05, 4.69) is 25.2 Å². The van der Waals surface area contributed by atoms with Crippen LogP contribution < -0.4 is 11.1 Å². The second-order valence-electron chi connectivity index (χ2n) is 8.21. The Balaban J connectivity index is 0.00000101. The molecule has 0 saturated carbocycles. The van der Waals surface area contributed by atoms with Gasteiger partial charge in [0.1, 0.15) is 6.04 Å². The number of unbranched alkanes of at least 4 members (excludes halogenated alkanes) is 5. The van der Waals surface area contributed by atoms with Gasteiger partial charge in [0.05, 0.1) is 0 Å². The van der Waals surface area contributed by atoms with Gasteiger partial charge >= 0.3 is 0 Å². The SMILES string of the molecule is CCC.NCCCCCCCCc1cccc2c1CN(C1CCC(=O)NC1=O)C2=O. The molecule has 0 radical (unpaired) electrons. The van der Waals surface area contributed by atoms with E-state index < -0.39 is 6.04 Å². The van der Waals surface area contributed by atoms with E-state index in [0.29, 0.717) is 18.5 Å². The maximum Gasteiger partial charge on any atom is 0.255 e. The molecule has 1 fully saturated rings. The molecule has 0 spiro atoms. The van der Waals surface area contributed by atoms with E-state index in [0.717, 1.165) is 31.4 Å². The molecule has 2 heterocycles.